The predicted molar refractivity (Wildman–Crippen MR) is 131 cm³/mol. The number of carbonyl (C=O) groups is 2. The molecule has 0 saturated carbocycles. The van der Waals surface area contributed by atoms with Crippen molar-refractivity contribution in [2.45, 2.75) is 24.7 Å². The Balaban J connectivity index is 1.54. The van der Waals surface area contributed by atoms with Crippen LogP contribution in [0, 0.1) is 17.0 Å². The van der Waals surface area contributed by atoms with Crippen LogP contribution in [0.5, 0.6) is 0 Å². The molecule has 3 aromatic rings. The molecule has 0 bridgehead atoms. The molecule has 4 rings (SSSR count). The molecule has 1 aliphatic rings. The molecule has 10 nitrogen and oxygen atoms in total. The number of hydrogen-bond acceptors (Lipinski definition) is 6. The Hall–Kier alpha value is -4.25. The SMILES string of the molecule is Cc1ccc(S(=O)(=O)N2CCCc3ccc(NC(=O)C(=O)Nc4cccc([N+](=O)[O-])c4)cc32)cc1. The quantitative estimate of drug-likeness (QED) is 0.316. The normalized spacial score (nSPS) is 13.0. The number of sulfonamides is 1. The fraction of sp³-hybridized carbons (Fsp3) is 0.167. The van der Waals surface area contributed by atoms with Crippen molar-refractivity contribution < 1.29 is 22.9 Å². The van der Waals surface area contributed by atoms with Crippen LogP contribution in [0.2, 0.25) is 0 Å². The van der Waals surface area contributed by atoms with E-state index in [9.17, 15) is 28.1 Å². The van der Waals surface area contributed by atoms with Crippen molar-refractivity contribution in [2.24, 2.45) is 0 Å². The number of aryl methyl sites for hydroxylation is 2. The molecule has 0 aliphatic carbocycles. The lowest BCUT2D eigenvalue weighted by atomic mass is 10.0. The van der Waals surface area contributed by atoms with Gasteiger partial charge in [-0.05, 0) is 55.7 Å². The van der Waals surface area contributed by atoms with E-state index in [2.05, 4.69) is 10.6 Å². The first kappa shape index (κ1) is 23.9. The van der Waals surface area contributed by atoms with Gasteiger partial charge in [-0.3, -0.25) is 24.0 Å². The van der Waals surface area contributed by atoms with Crippen LogP contribution < -0.4 is 14.9 Å². The lowest BCUT2D eigenvalue weighted by molar-refractivity contribution is -0.384. The molecule has 0 saturated heterocycles. The van der Waals surface area contributed by atoms with Gasteiger partial charge in [0.25, 0.3) is 15.7 Å². The predicted octanol–water partition coefficient (Wildman–Crippen LogP) is 3.62. The van der Waals surface area contributed by atoms with Crippen molar-refractivity contribution in [1.29, 1.82) is 0 Å². The molecule has 180 valence electrons. The van der Waals surface area contributed by atoms with Gasteiger partial charge < -0.3 is 10.6 Å². The van der Waals surface area contributed by atoms with E-state index in [1.165, 1.54) is 28.6 Å². The topological polar surface area (TPSA) is 139 Å². The molecule has 2 amide bonds. The Morgan fingerprint density at radius 1 is 0.943 bits per heavy atom. The fourth-order valence-electron chi connectivity index (χ4n) is 3.78. The standard InChI is InChI=1S/C24H22N4O6S/c1-16-7-11-21(12-8-16)35(33,34)27-13-3-4-17-9-10-19(15-22(17)27)26-24(30)23(29)25-18-5-2-6-20(14-18)28(31)32/h2,5-12,14-15H,3-4,13H2,1H3,(H,25,29)(H,26,30). The monoisotopic (exact) mass is 494 g/mol. The van der Waals surface area contributed by atoms with Crippen LogP contribution in [0.1, 0.15) is 17.5 Å². The van der Waals surface area contributed by atoms with Crippen LogP contribution in [0.25, 0.3) is 0 Å². The first-order valence-corrected chi connectivity index (χ1v) is 12.2. The first-order valence-electron chi connectivity index (χ1n) is 10.7. The number of carbonyl (C=O) groups excluding carboxylic acids is 2. The van der Waals surface area contributed by atoms with Crippen LogP contribution in [0.4, 0.5) is 22.7 Å². The van der Waals surface area contributed by atoms with Crippen molar-refractivity contribution >= 4 is 44.6 Å². The molecule has 35 heavy (non-hydrogen) atoms. The van der Waals surface area contributed by atoms with Gasteiger partial charge in [-0.25, -0.2) is 8.42 Å². The maximum Gasteiger partial charge on any atom is 0.314 e. The van der Waals surface area contributed by atoms with Crippen LogP contribution >= 0.6 is 0 Å². The summed E-state index contributed by atoms with van der Waals surface area (Å²) in [7, 11) is -3.82. The molecule has 2 N–H and O–H groups in total. The number of hydrogen-bond donors (Lipinski definition) is 2. The number of amides is 2. The van der Waals surface area contributed by atoms with Gasteiger partial charge in [0, 0.05) is 30.1 Å². The summed E-state index contributed by atoms with van der Waals surface area (Å²) in [6, 6.07) is 16.6. The number of anilines is 3. The summed E-state index contributed by atoms with van der Waals surface area (Å²) >= 11 is 0. The molecule has 0 radical (unpaired) electrons. The van der Waals surface area contributed by atoms with Gasteiger partial charge in [-0.1, -0.05) is 29.8 Å². The lowest BCUT2D eigenvalue weighted by Gasteiger charge is -2.31. The second-order valence-electron chi connectivity index (χ2n) is 8.05. The molecule has 0 spiro atoms. The van der Waals surface area contributed by atoms with Crippen LogP contribution in [0.15, 0.2) is 71.6 Å². The number of benzene rings is 3. The molecule has 1 heterocycles. The highest BCUT2D eigenvalue weighted by Crippen LogP contribution is 2.34. The molecular weight excluding hydrogens is 472 g/mol. The third-order valence-corrected chi connectivity index (χ3v) is 7.38. The number of nitrogens with one attached hydrogen (secondary N) is 2. The van der Waals surface area contributed by atoms with Gasteiger partial charge in [0.1, 0.15) is 0 Å². The zero-order valence-corrected chi connectivity index (χ0v) is 19.5. The summed E-state index contributed by atoms with van der Waals surface area (Å²) in [5.74, 6) is -2.02. The minimum absolute atomic E-state index is 0.0974. The molecule has 0 fully saturated rings. The van der Waals surface area contributed by atoms with Gasteiger partial charge in [0.05, 0.1) is 15.5 Å². The zero-order chi connectivity index (χ0) is 25.2. The molecule has 11 heteroatoms. The Bertz CT molecular complexity index is 1420. The highest BCUT2D eigenvalue weighted by Gasteiger charge is 2.29. The highest BCUT2D eigenvalue weighted by molar-refractivity contribution is 7.92. The number of non-ortho nitro benzene ring substituents is 1. The largest absolute Gasteiger partial charge is 0.318 e. The van der Waals surface area contributed by atoms with Crippen molar-refractivity contribution in [1.82, 2.24) is 0 Å². The van der Waals surface area contributed by atoms with E-state index in [-0.39, 0.29) is 28.5 Å². The summed E-state index contributed by atoms with van der Waals surface area (Å²) in [4.78, 5) is 35.2. The summed E-state index contributed by atoms with van der Waals surface area (Å²) < 4.78 is 27.9. The minimum atomic E-state index is -3.82. The Morgan fingerprint density at radius 3 is 2.26 bits per heavy atom. The van der Waals surface area contributed by atoms with E-state index >= 15 is 0 Å². The number of rotatable bonds is 5. The maximum atomic E-state index is 13.3. The van der Waals surface area contributed by atoms with Crippen LogP contribution in [-0.4, -0.2) is 31.7 Å². The van der Waals surface area contributed by atoms with E-state index in [1.54, 1.807) is 36.4 Å². The molecule has 1 aliphatic heterocycles. The second-order valence-corrected chi connectivity index (χ2v) is 9.92. The third-order valence-electron chi connectivity index (χ3n) is 5.55. The van der Waals surface area contributed by atoms with Gasteiger partial charge in [0.15, 0.2) is 0 Å². The number of fused-ring (bicyclic) bond motifs is 1. The second kappa shape index (κ2) is 9.55. The maximum absolute atomic E-state index is 13.3. The molecular formula is C24H22N4O6S. The van der Waals surface area contributed by atoms with Crippen molar-refractivity contribution in [2.75, 3.05) is 21.5 Å². The number of nitro benzene ring substituents is 1. The summed E-state index contributed by atoms with van der Waals surface area (Å²) in [5, 5.41) is 15.7. The summed E-state index contributed by atoms with van der Waals surface area (Å²) in [6.45, 7) is 2.16. The van der Waals surface area contributed by atoms with Gasteiger partial charge in [0.2, 0.25) is 0 Å². The van der Waals surface area contributed by atoms with E-state index in [0.717, 1.165) is 17.2 Å². The molecule has 0 aromatic heterocycles. The van der Waals surface area contributed by atoms with Gasteiger partial charge in [-0.15, -0.1) is 0 Å². The van der Waals surface area contributed by atoms with Crippen molar-refractivity contribution in [3.05, 3.63) is 88.0 Å². The Morgan fingerprint density at radius 2 is 1.60 bits per heavy atom. The Labute approximate surface area is 201 Å². The average molecular weight is 495 g/mol. The van der Waals surface area contributed by atoms with E-state index in [4.69, 9.17) is 0 Å². The van der Waals surface area contributed by atoms with Crippen molar-refractivity contribution in [3.8, 4) is 0 Å². The van der Waals surface area contributed by atoms with E-state index < -0.39 is 26.8 Å². The number of nitrogens with zero attached hydrogens (tertiary/aromatic N) is 2. The first-order chi connectivity index (χ1) is 16.6. The minimum Gasteiger partial charge on any atom is -0.318 e. The fourth-order valence-corrected chi connectivity index (χ4v) is 5.31. The molecule has 0 unspecified atom stereocenters. The molecule has 0 atom stereocenters. The zero-order valence-electron chi connectivity index (χ0n) is 18.7. The van der Waals surface area contributed by atoms with Crippen LogP contribution in [-0.2, 0) is 26.0 Å². The summed E-state index contributed by atoms with van der Waals surface area (Å²) in [6.07, 6.45) is 1.33. The smallest absolute Gasteiger partial charge is 0.314 e. The van der Waals surface area contributed by atoms with Crippen LogP contribution in [0.3, 0.4) is 0 Å². The van der Waals surface area contributed by atoms with Gasteiger partial charge >= 0.3 is 11.8 Å². The lowest BCUT2D eigenvalue weighted by Crippen LogP contribution is -2.35. The number of nitro groups is 1. The summed E-state index contributed by atoms with van der Waals surface area (Å²) in [5.41, 5.74) is 2.30. The van der Waals surface area contributed by atoms with Crippen molar-refractivity contribution in [3.63, 3.8) is 0 Å². The highest BCUT2D eigenvalue weighted by atomic mass is 32.2. The third kappa shape index (κ3) is 5.14. The van der Waals surface area contributed by atoms with E-state index in [0.29, 0.717) is 18.5 Å². The van der Waals surface area contributed by atoms with Gasteiger partial charge in [-0.2, -0.15) is 0 Å². The van der Waals surface area contributed by atoms with E-state index in [1.807, 2.05) is 6.92 Å². The Kier molecular flexibility index (Phi) is 6.52. The average Bonchev–Trinajstić information content (AvgIpc) is 2.84. The molecule has 3 aromatic carbocycles.